The van der Waals surface area contributed by atoms with Crippen LogP contribution >= 0.6 is 12.2 Å². The predicted octanol–water partition coefficient (Wildman–Crippen LogP) is 2.77. The largest absolute Gasteiger partial charge is 0.358 e. The van der Waals surface area contributed by atoms with Gasteiger partial charge in [0, 0.05) is 38.0 Å². The van der Waals surface area contributed by atoms with E-state index in [0.717, 1.165) is 16.8 Å². The normalized spacial score (nSPS) is 11.6. The fourth-order valence-electron chi connectivity index (χ4n) is 2.78. The standard InChI is InChI=1S/C22H24N6O2S2/c1-4-14-23-22(31)25-24-15-18-16-28(19-8-6-5-7-9-19)26-21(18)17-10-12-20(13-11-17)32(29,30)27(2)3/h4-13,15-16H,1,14H2,2-3H3,(H2,23,25,31)/b24-15-. The molecule has 3 aromatic rings. The summed E-state index contributed by atoms with van der Waals surface area (Å²) in [6.45, 7) is 4.16. The van der Waals surface area contributed by atoms with Gasteiger partial charge in [0.05, 0.1) is 16.8 Å². The molecule has 166 valence electrons. The van der Waals surface area contributed by atoms with E-state index < -0.39 is 10.0 Å². The predicted molar refractivity (Wildman–Crippen MR) is 131 cm³/mol. The summed E-state index contributed by atoms with van der Waals surface area (Å²) >= 11 is 5.15. The highest BCUT2D eigenvalue weighted by atomic mass is 32.2. The van der Waals surface area contributed by atoms with Gasteiger partial charge in [0.2, 0.25) is 10.0 Å². The van der Waals surface area contributed by atoms with Crippen molar-refractivity contribution in [2.75, 3.05) is 20.6 Å². The summed E-state index contributed by atoms with van der Waals surface area (Å²) in [6, 6.07) is 16.3. The molecule has 0 bridgehead atoms. The molecule has 0 fully saturated rings. The zero-order chi connectivity index (χ0) is 23.1. The van der Waals surface area contributed by atoms with Crippen LogP contribution in [-0.4, -0.2) is 54.5 Å². The molecule has 2 N–H and O–H groups in total. The summed E-state index contributed by atoms with van der Waals surface area (Å²) in [7, 11) is -0.511. The van der Waals surface area contributed by atoms with Gasteiger partial charge in [0.25, 0.3) is 0 Å². The summed E-state index contributed by atoms with van der Waals surface area (Å²) in [5.74, 6) is 0. The Labute approximate surface area is 193 Å². The lowest BCUT2D eigenvalue weighted by Gasteiger charge is -2.11. The average Bonchev–Trinajstić information content (AvgIpc) is 3.22. The van der Waals surface area contributed by atoms with Gasteiger partial charge in [-0.05, 0) is 36.5 Å². The zero-order valence-electron chi connectivity index (χ0n) is 17.8. The molecule has 0 saturated heterocycles. The molecular weight excluding hydrogens is 444 g/mol. The first-order valence-electron chi connectivity index (χ1n) is 9.69. The fraction of sp³-hybridized carbons (Fsp3) is 0.136. The molecule has 3 rings (SSSR count). The SMILES string of the molecule is C=CCNC(=S)N/N=C\c1cn(-c2ccccc2)nc1-c1ccc(S(=O)(=O)N(C)C)cc1. The number of nitrogens with one attached hydrogen (secondary N) is 2. The Morgan fingerprint density at radius 2 is 1.88 bits per heavy atom. The van der Waals surface area contributed by atoms with Crippen molar-refractivity contribution in [1.29, 1.82) is 0 Å². The van der Waals surface area contributed by atoms with E-state index in [9.17, 15) is 8.42 Å². The summed E-state index contributed by atoms with van der Waals surface area (Å²) in [4.78, 5) is 0.212. The van der Waals surface area contributed by atoms with Gasteiger partial charge < -0.3 is 5.32 Å². The maximum Gasteiger partial charge on any atom is 0.242 e. The zero-order valence-corrected chi connectivity index (χ0v) is 19.4. The smallest absolute Gasteiger partial charge is 0.242 e. The number of rotatable bonds is 8. The lowest BCUT2D eigenvalue weighted by atomic mass is 10.1. The van der Waals surface area contributed by atoms with Crippen LogP contribution in [0.25, 0.3) is 16.9 Å². The third-order valence-corrected chi connectivity index (χ3v) is 6.51. The molecule has 0 aliphatic heterocycles. The Morgan fingerprint density at radius 1 is 1.19 bits per heavy atom. The summed E-state index contributed by atoms with van der Waals surface area (Å²) in [6.07, 6.45) is 5.16. The van der Waals surface area contributed by atoms with Crippen LogP contribution in [0.5, 0.6) is 0 Å². The highest BCUT2D eigenvalue weighted by Gasteiger charge is 2.18. The van der Waals surface area contributed by atoms with Crippen LogP contribution < -0.4 is 10.7 Å². The second-order valence-electron chi connectivity index (χ2n) is 6.89. The van der Waals surface area contributed by atoms with Gasteiger partial charge in [-0.15, -0.1) is 6.58 Å². The van der Waals surface area contributed by atoms with Gasteiger partial charge >= 0.3 is 0 Å². The first kappa shape index (κ1) is 23.3. The quantitative estimate of drug-likeness (QED) is 0.229. The van der Waals surface area contributed by atoms with Gasteiger partial charge in [-0.3, -0.25) is 5.43 Å². The summed E-state index contributed by atoms with van der Waals surface area (Å²) in [5, 5.41) is 12.2. The summed E-state index contributed by atoms with van der Waals surface area (Å²) < 4.78 is 27.7. The second-order valence-corrected chi connectivity index (χ2v) is 9.45. The molecule has 0 radical (unpaired) electrons. The third kappa shape index (κ3) is 5.47. The van der Waals surface area contributed by atoms with Gasteiger partial charge in [-0.2, -0.15) is 10.2 Å². The van der Waals surface area contributed by atoms with E-state index in [1.807, 2.05) is 36.5 Å². The highest BCUT2D eigenvalue weighted by molar-refractivity contribution is 7.89. The van der Waals surface area contributed by atoms with Crippen molar-refractivity contribution in [2.45, 2.75) is 4.90 Å². The molecule has 0 saturated carbocycles. The van der Waals surface area contributed by atoms with Gasteiger partial charge in [0.15, 0.2) is 5.11 Å². The molecule has 0 aliphatic carbocycles. The Hall–Kier alpha value is -3.34. The Kier molecular flexibility index (Phi) is 7.52. The van der Waals surface area contributed by atoms with E-state index in [1.165, 1.54) is 18.4 Å². The molecule has 32 heavy (non-hydrogen) atoms. The number of aromatic nitrogens is 2. The topological polar surface area (TPSA) is 91.6 Å². The fourth-order valence-corrected chi connectivity index (χ4v) is 3.82. The molecule has 0 aliphatic rings. The molecule has 0 spiro atoms. The minimum Gasteiger partial charge on any atom is -0.358 e. The first-order valence-corrected chi connectivity index (χ1v) is 11.5. The molecule has 1 heterocycles. The van der Waals surface area contributed by atoms with Crippen LogP contribution in [0.2, 0.25) is 0 Å². The molecule has 10 heteroatoms. The lowest BCUT2D eigenvalue weighted by Crippen LogP contribution is -2.31. The van der Waals surface area contributed by atoms with Crippen molar-refractivity contribution < 1.29 is 8.42 Å². The Balaban J connectivity index is 1.95. The maximum absolute atomic E-state index is 12.4. The molecule has 0 atom stereocenters. The average molecular weight is 469 g/mol. The lowest BCUT2D eigenvalue weighted by molar-refractivity contribution is 0.521. The minimum absolute atomic E-state index is 0.212. The van der Waals surface area contributed by atoms with Crippen LogP contribution in [0.4, 0.5) is 0 Å². The van der Waals surface area contributed by atoms with Crippen LogP contribution in [0.1, 0.15) is 5.56 Å². The minimum atomic E-state index is -3.51. The van der Waals surface area contributed by atoms with Crippen LogP contribution in [0.3, 0.4) is 0 Å². The number of hydrogen-bond donors (Lipinski definition) is 2. The van der Waals surface area contributed by atoms with Crippen LogP contribution in [-0.2, 0) is 10.0 Å². The van der Waals surface area contributed by atoms with Gasteiger partial charge in [0.1, 0.15) is 5.69 Å². The monoisotopic (exact) mass is 468 g/mol. The molecule has 1 aromatic heterocycles. The van der Waals surface area contributed by atoms with Crippen molar-refractivity contribution in [3.05, 3.63) is 79.0 Å². The van der Waals surface area contributed by atoms with E-state index in [4.69, 9.17) is 17.3 Å². The van der Waals surface area contributed by atoms with Crippen molar-refractivity contribution in [3.8, 4) is 16.9 Å². The Bertz CT molecular complexity index is 1220. The van der Waals surface area contributed by atoms with Crippen LogP contribution in [0, 0.1) is 0 Å². The molecule has 8 nitrogen and oxygen atoms in total. The van der Waals surface area contributed by atoms with E-state index >= 15 is 0 Å². The summed E-state index contributed by atoms with van der Waals surface area (Å²) in [5.41, 5.74) is 5.78. The van der Waals surface area contributed by atoms with E-state index in [-0.39, 0.29) is 4.90 Å². The number of hydrazone groups is 1. The molecular formula is C22H24N6O2S2. The van der Waals surface area contributed by atoms with Gasteiger partial charge in [-0.1, -0.05) is 36.4 Å². The van der Waals surface area contributed by atoms with Gasteiger partial charge in [-0.25, -0.2) is 17.4 Å². The van der Waals surface area contributed by atoms with Crippen molar-refractivity contribution >= 4 is 33.6 Å². The maximum atomic E-state index is 12.4. The first-order chi connectivity index (χ1) is 15.3. The van der Waals surface area contributed by atoms with E-state index in [2.05, 4.69) is 22.4 Å². The highest BCUT2D eigenvalue weighted by Crippen LogP contribution is 2.25. The Morgan fingerprint density at radius 3 is 2.50 bits per heavy atom. The van der Waals surface area contributed by atoms with Crippen molar-refractivity contribution in [2.24, 2.45) is 5.10 Å². The number of thiocarbonyl (C=S) groups is 1. The van der Waals surface area contributed by atoms with E-state index in [1.54, 1.807) is 41.2 Å². The number of sulfonamides is 1. The number of benzene rings is 2. The third-order valence-electron chi connectivity index (χ3n) is 4.45. The van der Waals surface area contributed by atoms with Crippen molar-refractivity contribution in [1.82, 2.24) is 24.8 Å². The number of para-hydroxylation sites is 1. The van der Waals surface area contributed by atoms with Crippen LogP contribution in [0.15, 0.2) is 83.4 Å². The second kappa shape index (κ2) is 10.3. The van der Waals surface area contributed by atoms with E-state index in [0.29, 0.717) is 17.4 Å². The molecule has 2 aromatic carbocycles. The number of nitrogens with zero attached hydrogens (tertiary/aromatic N) is 4. The number of hydrogen-bond acceptors (Lipinski definition) is 5. The van der Waals surface area contributed by atoms with Crippen molar-refractivity contribution in [3.63, 3.8) is 0 Å². The molecule has 0 amide bonds. The molecule has 0 unspecified atom stereocenters.